The molecule has 1 atom stereocenters. The molecule has 2 amide bonds. The van der Waals surface area contributed by atoms with Crippen LogP contribution in [0.5, 0.6) is 5.75 Å². The fourth-order valence-electron chi connectivity index (χ4n) is 3.86. The first-order chi connectivity index (χ1) is 12.1. The number of nitrogens with zero attached hydrogens (tertiary/aromatic N) is 1. The van der Waals surface area contributed by atoms with Gasteiger partial charge in [0.1, 0.15) is 5.75 Å². The average molecular weight is 344 g/mol. The molecule has 2 aliphatic rings. The Morgan fingerprint density at radius 3 is 2.72 bits per heavy atom. The van der Waals surface area contributed by atoms with E-state index in [4.69, 9.17) is 4.74 Å². The number of fused-ring (bicyclic) bond motifs is 1. The summed E-state index contributed by atoms with van der Waals surface area (Å²) in [6.07, 6.45) is 3.13. The van der Waals surface area contributed by atoms with Crippen molar-refractivity contribution in [2.75, 3.05) is 26.2 Å². The summed E-state index contributed by atoms with van der Waals surface area (Å²) in [5.74, 6) is 1.15. The topological polar surface area (TPSA) is 58.6 Å². The molecule has 1 saturated heterocycles. The Morgan fingerprint density at radius 2 is 2.00 bits per heavy atom. The molecule has 0 aromatic heterocycles. The highest BCUT2D eigenvalue weighted by molar-refractivity contribution is 5.89. The number of ether oxygens (including phenoxy) is 1. The van der Waals surface area contributed by atoms with Crippen molar-refractivity contribution in [3.8, 4) is 5.75 Å². The van der Waals surface area contributed by atoms with Crippen molar-refractivity contribution in [3.05, 3.63) is 29.8 Å². The van der Waals surface area contributed by atoms with Crippen LogP contribution in [0.3, 0.4) is 0 Å². The Balaban J connectivity index is 1.66. The summed E-state index contributed by atoms with van der Waals surface area (Å²) in [4.78, 5) is 27.3. The van der Waals surface area contributed by atoms with Crippen molar-refractivity contribution in [1.82, 2.24) is 10.2 Å². The van der Waals surface area contributed by atoms with Gasteiger partial charge in [0.25, 0.3) is 0 Å². The standard InChI is InChI=1S/C20H28N2O3/c1-3-11-21-18(23)15-8-12-22(13-9-15)19(24)20(2)10-14-25-17-7-5-4-6-16(17)20/h4-7,15H,3,8-14H2,1-2H3,(H,21,23). The minimum atomic E-state index is -0.536. The van der Waals surface area contributed by atoms with E-state index in [-0.39, 0.29) is 17.7 Å². The molecule has 0 radical (unpaired) electrons. The van der Waals surface area contributed by atoms with Gasteiger partial charge in [-0.25, -0.2) is 0 Å². The van der Waals surface area contributed by atoms with E-state index < -0.39 is 5.41 Å². The molecule has 5 nitrogen and oxygen atoms in total. The van der Waals surface area contributed by atoms with Crippen LogP contribution in [0.15, 0.2) is 24.3 Å². The van der Waals surface area contributed by atoms with Gasteiger partial charge in [0.15, 0.2) is 0 Å². The van der Waals surface area contributed by atoms with Gasteiger partial charge < -0.3 is 15.0 Å². The van der Waals surface area contributed by atoms with Gasteiger partial charge in [0.05, 0.1) is 12.0 Å². The number of hydrogen-bond acceptors (Lipinski definition) is 3. The van der Waals surface area contributed by atoms with Gasteiger partial charge in [-0.2, -0.15) is 0 Å². The van der Waals surface area contributed by atoms with E-state index in [1.54, 1.807) is 0 Å². The molecule has 0 spiro atoms. The van der Waals surface area contributed by atoms with Crippen molar-refractivity contribution in [2.24, 2.45) is 5.92 Å². The third-order valence-electron chi connectivity index (χ3n) is 5.52. The second kappa shape index (κ2) is 7.46. The number of carbonyl (C=O) groups excluding carboxylic acids is 2. The molecule has 136 valence electrons. The second-order valence-electron chi connectivity index (χ2n) is 7.28. The molecule has 1 fully saturated rings. The summed E-state index contributed by atoms with van der Waals surface area (Å²) in [6, 6.07) is 7.83. The summed E-state index contributed by atoms with van der Waals surface area (Å²) in [5.41, 5.74) is 0.445. The molecule has 1 aromatic carbocycles. The summed E-state index contributed by atoms with van der Waals surface area (Å²) in [5, 5.41) is 2.97. The third-order valence-corrected chi connectivity index (χ3v) is 5.52. The number of hydrogen-bond donors (Lipinski definition) is 1. The minimum absolute atomic E-state index is 0.0328. The lowest BCUT2D eigenvalue weighted by molar-refractivity contribution is -0.141. The van der Waals surface area contributed by atoms with Crippen molar-refractivity contribution in [1.29, 1.82) is 0 Å². The predicted octanol–water partition coefficient (Wildman–Crippen LogP) is 2.49. The van der Waals surface area contributed by atoms with E-state index in [0.29, 0.717) is 26.1 Å². The van der Waals surface area contributed by atoms with E-state index in [1.807, 2.05) is 43.0 Å². The number of carbonyl (C=O) groups is 2. The van der Waals surface area contributed by atoms with Crippen LogP contribution < -0.4 is 10.1 Å². The number of benzene rings is 1. The van der Waals surface area contributed by atoms with Crippen molar-refractivity contribution in [2.45, 2.75) is 44.9 Å². The molecular weight excluding hydrogens is 316 g/mol. The highest BCUT2D eigenvalue weighted by Crippen LogP contribution is 2.40. The number of para-hydroxylation sites is 1. The predicted molar refractivity (Wildman–Crippen MR) is 96.5 cm³/mol. The Hall–Kier alpha value is -2.04. The van der Waals surface area contributed by atoms with Crippen LogP contribution in [-0.4, -0.2) is 43.0 Å². The maximum Gasteiger partial charge on any atom is 0.233 e. The molecule has 0 aliphatic carbocycles. The van der Waals surface area contributed by atoms with E-state index in [0.717, 1.165) is 37.1 Å². The minimum Gasteiger partial charge on any atom is -0.493 e. The molecule has 2 heterocycles. The molecule has 25 heavy (non-hydrogen) atoms. The number of amides is 2. The van der Waals surface area contributed by atoms with Crippen molar-refractivity contribution in [3.63, 3.8) is 0 Å². The molecule has 3 rings (SSSR count). The fraction of sp³-hybridized carbons (Fsp3) is 0.600. The molecule has 0 saturated carbocycles. The zero-order chi connectivity index (χ0) is 17.9. The first kappa shape index (κ1) is 17.8. The highest BCUT2D eigenvalue weighted by atomic mass is 16.5. The normalized spacial score (nSPS) is 23.5. The monoisotopic (exact) mass is 344 g/mol. The largest absolute Gasteiger partial charge is 0.493 e. The van der Waals surface area contributed by atoms with Gasteiger partial charge in [0.2, 0.25) is 11.8 Å². The molecule has 1 aromatic rings. The summed E-state index contributed by atoms with van der Waals surface area (Å²) >= 11 is 0. The van der Waals surface area contributed by atoms with Crippen LogP contribution >= 0.6 is 0 Å². The Bertz CT molecular complexity index is 638. The maximum atomic E-state index is 13.3. The molecule has 0 bridgehead atoms. The Morgan fingerprint density at radius 1 is 1.28 bits per heavy atom. The number of rotatable bonds is 4. The highest BCUT2D eigenvalue weighted by Gasteiger charge is 2.43. The number of piperidine rings is 1. The van der Waals surface area contributed by atoms with E-state index >= 15 is 0 Å². The smallest absolute Gasteiger partial charge is 0.233 e. The van der Waals surface area contributed by atoms with Gasteiger partial charge in [-0.3, -0.25) is 9.59 Å². The first-order valence-corrected chi connectivity index (χ1v) is 9.35. The second-order valence-corrected chi connectivity index (χ2v) is 7.28. The molecular formula is C20H28N2O3. The lowest BCUT2D eigenvalue weighted by Crippen LogP contribution is -2.51. The van der Waals surface area contributed by atoms with Crippen LogP contribution in [0.4, 0.5) is 0 Å². The molecule has 1 unspecified atom stereocenters. The Kier molecular flexibility index (Phi) is 5.30. The van der Waals surface area contributed by atoms with Crippen molar-refractivity contribution < 1.29 is 14.3 Å². The lowest BCUT2D eigenvalue weighted by Gasteiger charge is -2.40. The summed E-state index contributed by atoms with van der Waals surface area (Å²) in [6.45, 7) is 6.68. The van der Waals surface area contributed by atoms with Crippen LogP contribution in [-0.2, 0) is 15.0 Å². The van der Waals surface area contributed by atoms with Crippen LogP contribution in [0.1, 0.15) is 45.1 Å². The van der Waals surface area contributed by atoms with Gasteiger partial charge >= 0.3 is 0 Å². The maximum absolute atomic E-state index is 13.3. The van der Waals surface area contributed by atoms with Crippen LogP contribution in [0, 0.1) is 5.92 Å². The van der Waals surface area contributed by atoms with Gasteiger partial charge in [-0.1, -0.05) is 25.1 Å². The first-order valence-electron chi connectivity index (χ1n) is 9.35. The Labute approximate surface area is 149 Å². The molecule has 2 aliphatic heterocycles. The number of likely N-dealkylation sites (tertiary alicyclic amines) is 1. The average Bonchev–Trinajstić information content (AvgIpc) is 2.66. The van der Waals surface area contributed by atoms with Crippen LogP contribution in [0.2, 0.25) is 0 Å². The number of nitrogens with one attached hydrogen (secondary N) is 1. The lowest BCUT2D eigenvalue weighted by atomic mass is 9.76. The van der Waals surface area contributed by atoms with E-state index in [9.17, 15) is 9.59 Å². The zero-order valence-corrected chi connectivity index (χ0v) is 15.2. The van der Waals surface area contributed by atoms with Crippen molar-refractivity contribution >= 4 is 11.8 Å². The van der Waals surface area contributed by atoms with Crippen LogP contribution in [0.25, 0.3) is 0 Å². The quantitative estimate of drug-likeness (QED) is 0.913. The van der Waals surface area contributed by atoms with Gasteiger partial charge in [-0.15, -0.1) is 0 Å². The van der Waals surface area contributed by atoms with Gasteiger partial charge in [0, 0.05) is 31.1 Å². The zero-order valence-electron chi connectivity index (χ0n) is 15.2. The van der Waals surface area contributed by atoms with E-state index in [1.165, 1.54) is 0 Å². The summed E-state index contributed by atoms with van der Waals surface area (Å²) in [7, 11) is 0. The molecule has 1 N–H and O–H groups in total. The third kappa shape index (κ3) is 3.51. The SMILES string of the molecule is CCCNC(=O)C1CCN(C(=O)C2(C)CCOc3ccccc32)CC1. The molecule has 5 heteroatoms. The van der Waals surface area contributed by atoms with E-state index in [2.05, 4.69) is 5.32 Å². The fourth-order valence-corrected chi connectivity index (χ4v) is 3.86. The van der Waals surface area contributed by atoms with Gasteiger partial charge in [-0.05, 0) is 38.7 Å². The summed E-state index contributed by atoms with van der Waals surface area (Å²) < 4.78 is 5.72.